The zero-order valence-electron chi connectivity index (χ0n) is 11.6. The predicted molar refractivity (Wildman–Crippen MR) is 73.5 cm³/mol. The lowest BCUT2D eigenvalue weighted by molar-refractivity contribution is -0.121. The summed E-state index contributed by atoms with van der Waals surface area (Å²) in [5.41, 5.74) is 6.76. The molecule has 1 heterocycles. The van der Waals surface area contributed by atoms with Gasteiger partial charge in [-0.2, -0.15) is 0 Å². The molecule has 0 saturated carbocycles. The normalized spacial score (nSPS) is 21.6. The first kappa shape index (κ1) is 14.5. The molecule has 0 aromatic heterocycles. The zero-order valence-corrected chi connectivity index (χ0v) is 11.6. The maximum Gasteiger partial charge on any atom is 0.337 e. The number of anilines is 1. The van der Waals surface area contributed by atoms with E-state index in [1.54, 1.807) is 18.2 Å². The minimum absolute atomic E-state index is 0.203. The number of aryl methyl sites for hydroxylation is 1. The standard InChI is InChI=1S/C14H18N2O4/c1-9-3-4-10(12(17)19-2)7-11(9)16-13(18)14(15)5-6-20-8-14/h3-4,7H,5-6,8,15H2,1-2H3,(H,16,18). The minimum atomic E-state index is -1.01. The second-order valence-electron chi connectivity index (χ2n) is 4.93. The monoisotopic (exact) mass is 278 g/mol. The summed E-state index contributed by atoms with van der Waals surface area (Å²) in [7, 11) is 1.31. The summed E-state index contributed by atoms with van der Waals surface area (Å²) < 4.78 is 9.83. The molecule has 0 bridgehead atoms. The molecular weight excluding hydrogens is 260 g/mol. The largest absolute Gasteiger partial charge is 0.465 e. The number of carbonyl (C=O) groups is 2. The molecule has 1 aliphatic heterocycles. The van der Waals surface area contributed by atoms with Gasteiger partial charge in [0.25, 0.3) is 0 Å². The van der Waals surface area contributed by atoms with Gasteiger partial charge in [-0.3, -0.25) is 4.79 Å². The molecular formula is C14H18N2O4. The second kappa shape index (κ2) is 5.60. The molecule has 2 rings (SSSR count). The molecule has 1 unspecified atom stereocenters. The summed E-state index contributed by atoms with van der Waals surface area (Å²) >= 11 is 0. The number of esters is 1. The van der Waals surface area contributed by atoms with Crippen LogP contribution >= 0.6 is 0 Å². The van der Waals surface area contributed by atoms with Crippen LogP contribution in [0.5, 0.6) is 0 Å². The van der Waals surface area contributed by atoms with Crippen LogP contribution < -0.4 is 11.1 Å². The van der Waals surface area contributed by atoms with Gasteiger partial charge in [-0.05, 0) is 31.0 Å². The summed E-state index contributed by atoms with van der Waals surface area (Å²) in [6, 6.07) is 4.97. The molecule has 1 amide bonds. The summed E-state index contributed by atoms with van der Waals surface area (Å²) in [6.07, 6.45) is 0.481. The molecule has 1 fully saturated rings. The van der Waals surface area contributed by atoms with Gasteiger partial charge in [0.15, 0.2) is 0 Å². The smallest absolute Gasteiger partial charge is 0.337 e. The van der Waals surface area contributed by atoms with E-state index in [2.05, 4.69) is 10.1 Å². The van der Waals surface area contributed by atoms with E-state index in [-0.39, 0.29) is 12.5 Å². The fourth-order valence-electron chi connectivity index (χ4n) is 2.01. The Morgan fingerprint density at radius 1 is 1.45 bits per heavy atom. The number of nitrogens with two attached hydrogens (primary N) is 1. The average Bonchev–Trinajstić information content (AvgIpc) is 2.88. The lowest BCUT2D eigenvalue weighted by Gasteiger charge is -2.21. The number of nitrogens with one attached hydrogen (secondary N) is 1. The van der Waals surface area contributed by atoms with Gasteiger partial charge in [-0.15, -0.1) is 0 Å². The fraction of sp³-hybridized carbons (Fsp3) is 0.429. The predicted octanol–water partition coefficient (Wildman–Crippen LogP) is 0.838. The van der Waals surface area contributed by atoms with Gasteiger partial charge in [0, 0.05) is 12.3 Å². The van der Waals surface area contributed by atoms with Crippen LogP contribution in [0.25, 0.3) is 0 Å². The minimum Gasteiger partial charge on any atom is -0.465 e. The SMILES string of the molecule is COC(=O)c1ccc(C)c(NC(=O)C2(N)CCOC2)c1. The highest BCUT2D eigenvalue weighted by Gasteiger charge is 2.38. The number of ether oxygens (including phenoxy) is 2. The van der Waals surface area contributed by atoms with Crippen LogP contribution in [0.3, 0.4) is 0 Å². The molecule has 6 nitrogen and oxygen atoms in total. The van der Waals surface area contributed by atoms with Gasteiger partial charge in [0.05, 0.1) is 19.3 Å². The van der Waals surface area contributed by atoms with Crippen LogP contribution in [0.1, 0.15) is 22.3 Å². The first-order chi connectivity index (χ1) is 9.46. The van der Waals surface area contributed by atoms with E-state index in [1.165, 1.54) is 7.11 Å². The van der Waals surface area contributed by atoms with Gasteiger partial charge in [0.2, 0.25) is 5.91 Å². The number of benzene rings is 1. The number of rotatable bonds is 3. The Kier molecular flexibility index (Phi) is 4.06. The van der Waals surface area contributed by atoms with Crippen molar-refractivity contribution in [2.75, 3.05) is 25.6 Å². The Labute approximate surface area is 117 Å². The number of amides is 1. The Morgan fingerprint density at radius 3 is 2.80 bits per heavy atom. The lowest BCUT2D eigenvalue weighted by Crippen LogP contribution is -2.51. The van der Waals surface area contributed by atoms with Crippen molar-refractivity contribution in [3.8, 4) is 0 Å². The molecule has 0 spiro atoms. The lowest BCUT2D eigenvalue weighted by atomic mass is 9.98. The quantitative estimate of drug-likeness (QED) is 0.799. The highest BCUT2D eigenvalue weighted by Crippen LogP contribution is 2.22. The molecule has 1 atom stereocenters. The van der Waals surface area contributed by atoms with Gasteiger partial charge >= 0.3 is 5.97 Å². The van der Waals surface area contributed by atoms with Crippen molar-refractivity contribution in [3.05, 3.63) is 29.3 Å². The highest BCUT2D eigenvalue weighted by atomic mass is 16.5. The van der Waals surface area contributed by atoms with Crippen LogP contribution in [0.2, 0.25) is 0 Å². The first-order valence-corrected chi connectivity index (χ1v) is 6.33. The van der Waals surface area contributed by atoms with E-state index in [4.69, 9.17) is 10.5 Å². The van der Waals surface area contributed by atoms with E-state index in [9.17, 15) is 9.59 Å². The van der Waals surface area contributed by atoms with E-state index in [0.29, 0.717) is 24.3 Å². The number of carbonyl (C=O) groups excluding carboxylic acids is 2. The van der Waals surface area contributed by atoms with E-state index >= 15 is 0 Å². The van der Waals surface area contributed by atoms with Crippen molar-refractivity contribution in [1.82, 2.24) is 0 Å². The highest BCUT2D eigenvalue weighted by molar-refractivity contribution is 6.00. The summed E-state index contributed by atoms with van der Waals surface area (Å²) in [6.45, 7) is 2.52. The van der Waals surface area contributed by atoms with Crippen molar-refractivity contribution >= 4 is 17.6 Å². The average molecular weight is 278 g/mol. The molecule has 1 aromatic rings. The van der Waals surface area contributed by atoms with Crippen molar-refractivity contribution in [1.29, 1.82) is 0 Å². The van der Waals surface area contributed by atoms with Crippen LogP contribution in [0.4, 0.5) is 5.69 Å². The molecule has 6 heteroatoms. The maximum atomic E-state index is 12.2. The van der Waals surface area contributed by atoms with Gasteiger partial charge in [-0.25, -0.2) is 4.79 Å². The molecule has 1 saturated heterocycles. The molecule has 108 valence electrons. The zero-order chi connectivity index (χ0) is 14.8. The van der Waals surface area contributed by atoms with Gasteiger partial charge < -0.3 is 20.5 Å². The molecule has 1 aromatic carbocycles. The second-order valence-corrected chi connectivity index (χ2v) is 4.93. The maximum absolute atomic E-state index is 12.2. The summed E-state index contributed by atoms with van der Waals surface area (Å²) in [5.74, 6) is -0.757. The van der Waals surface area contributed by atoms with Crippen molar-refractivity contribution < 1.29 is 19.1 Å². The van der Waals surface area contributed by atoms with Crippen molar-refractivity contribution in [3.63, 3.8) is 0 Å². The third-order valence-electron chi connectivity index (χ3n) is 3.41. The summed E-state index contributed by atoms with van der Waals surface area (Å²) in [5, 5.41) is 2.76. The molecule has 20 heavy (non-hydrogen) atoms. The molecule has 0 aliphatic carbocycles. The Hall–Kier alpha value is -1.92. The third-order valence-corrected chi connectivity index (χ3v) is 3.41. The Bertz CT molecular complexity index is 536. The van der Waals surface area contributed by atoms with Crippen LogP contribution in [-0.4, -0.2) is 37.7 Å². The molecule has 1 aliphatic rings. The Balaban J connectivity index is 2.20. The van der Waals surface area contributed by atoms with E-state index in [0.717, 1.165) is 5.56 Å². The van der Waals surface area contributed by atoms with E-state index < -0.39 is 11.5 Å². The number of hydrogen-bond acceptors (Lipinski definition) is 5. The van der Waals surface area contributed by atoms with Crippen LogP contribution in [0, 0.1) is 6.92 Å². The Morgan fingerprint density at radius 2 is 2.20 bits per heavy atom. The number of methoxy groups -OCH3 is 1. The molecule has 3 N–H and O–H groups in total. The topological polar surface area (TPSA) is 90.7 Å². The van der Waals surface area contributed by atoms with Crippen molar-refractivity contribution in [2.45, 2.75) is 18.9 Å². The third kappa shape index (κ3) is 2.81. The van der Waals surface area contributed by atoms with E-state index in [1.807, 2.05) is 6.92 Å². The molecule has 0 radical (unpaired) electrons. The van der Waals surface area contributed by atoms with Gasteiger partial charge in [0.1, 0.15) is 5.54 Å². The van der Waals surface area contributed by atoms with Gasteiger partial charge in [-0.1, -0.05) is 6.07 Å². The van der Waals surface area contributed by atoms with Crippen LogP contribution in [-0.2, 0) is 14.3 Å². The van der Waals surface area contributed by atoms with Crippen LogP contribution in [0.15, 0.2) is 18.2 Å². The summed E-state index contributed by atoms with van der Waals surface area (Å²) in [4.78, 5) is 23.7. The fourth-order valence-corrected chi connectivity index (χ4v) is 2.01. The van der Waals surface area contributed by atoms with Crippen molar-refractivity contribution in [2.24, 2.45) is 5.73 Å². The number of hydrogen-bond donors (Lipinski definition) is 2. The first-order valence-electron chi connectivity index (χ1n) is 6.33.